The molecule has 1 aromatic heterocycles. The number of hydrogen-bond donors (Lipinski definition) is 2. The Morgan fingerprint density at radius 1 is 1.59 bits per heavy atom. The molecule has 0 aromatic carbocycles. The molecule has 0 saturated carbocycles. The Bertz CT molecular complexity index is 428. The van der Waals surface area contributed by atoms with Crippen LogP contribution in [-0.4, -0.2) is 29.1 Å². The summed E-state index contributed by atoms with van der Waals surface area (Å²) in [5.41, 5.74) is 8.06. The van der Waals surface area contributed by atoms with Gasteiger partial charge in [-0.1, -0.05) is 5.11 Å². The van der Waals surface area contributed by atoms with Crippen molar-refractivity contribution in [1.29, 1.82) is 0 Å². The van der Waals surface area contributed by atoms with Crippen molar-refractivity contribution in [3.05, 3.63) is 34.5 Å². The summed E-state index contributed by atoms with van der Waals surface area (Å²) in [4.78, 5) is 17.9. The van der Waals surface area contributed by atoms with Crippen LogP contribution < -0.4 is 5.32 Å². The Labute approximate surface area is 98.1 Å². The fourth-order valence-corrected chi connectivity index (χ4v) is 1.21. The minimum absolute atomic E-state index is 0.0162. The SMILES string of the molecule is [N-]=[N+]=NCCCCNC(=O)c1ncccc1O. The van der Waals surface area contributed by atoms with Gasteiger partial charge in [-0.3, -0.25) is 4.79 Å². The highest BCUT2D eigenvalue weighted by atomic mass is 16.3. The Morgan fingerprint density at radius 3 is 3.12 bits per heavy atom. The first-order chi connectivity index (χ1) is 8.25. The van der Waals surface area contributed by atoms with Gasteiger partial charge in [0, 0.05) is 24.2 Å². The number of rotatable bonds is 6. The summed E-state index contributed by atoms with van der Waals surface area (Å²) in [6.07, 6.45) is 2.85. The van der Waals surface area contributed by atoms with Gasteiger partial charge >= 0.3 is 0 Å². The van der Waals surface area contributed by atoms with Crippen molar-refractivity contribution in [1.82, 2.24) is 10.3 Å². The number of aromatic nitrogens is 1. The van der Waals surface area contributed by atoms with Gasteiger partial charge in [-0.2, -0.15) is 0 Å². The van der Waals surface area contributed by atoms with E-state index in [1.165, 1.54) is 12.3 Å². The maximum Gasteiger partial charge on any atom is 0.273 e. The smallest absolute Gasteiger partial charge is 0.273 e. The van der Waals surface area contributed by atoms with Crippen LogP contribution in [0.2, 0.25) is 0 Å². The molecule has 2 N–H and O–H groups in total. The summed E-state index contributed by atoms with van der Waals surface area (Å²) in [6, 6.07) is 2.95. The van der Waals surface area contributed by atoms with E-state index in [-0.39, 0.29) is 11.4 Å². The number of amides is 1. The Kier molecular flexibility index (Phi) is 5.33. The van der Waals surface area contributed by atoms with Gasteiger partial charge in [0.1, 0.15) is 5.75 Å². The molecule has 0 fully saturated rings. The third-order valence-electron chi connectivity index (χ3n) is 2.04. The van der Waals surface area contributed by atoms with Crippen molar-refractivity contribution in [3.8, 4) is 5.75 Å². The molecule has 0 unspecified atom stereocenters. The topological polar surface area (TPSA) is 111 Å². The highest BCUT2D eigenvalue weighted by Gasteiger charge is 2.10. The normalized spacial score (nSPS) is 9.41. The third kappa shape index (κ3) is 4.40. The molecule has 7 nitrogen and oxygen atoms in total. The predicted octanol–water partition coefficient (Wildman–Crippen LogP) is 1.61. The summed E-state index contributed by atoms with van der Waals surface area (Å²) in [5.74, 6) is -0.550. The second-order valence-corrected chi connectivity index (χ2v) is 3.29. The van der Waals surface area contributed by atoms with E-state index in [1.807, 2.05) is 0 Å². The second-order valence-electron chi connectivity index (χ2n) is 3.29. The molecule has 1 heterocycles. The molecule has 7 heteroatoms. The van der Waals surface area contributed by atoms with Crippen molar-refractivity contribution in [2.75, 3.05) is 13.1 Å². The molecule has 0 spiro atoms. The molecule has 17 heavy (non-hydrogen) atoms. The fourth-order valence-electron chi connectivity index (χ4n) is 1.21. The van der Waals surface area contributed by atoms with Gasteiger partial charge in [0.2, 0.25) is 0 Å². The first-order valence-corrected chi connectivity index (χ1v) is 5.18. The van der Waals surface area contributed by atoms with E-state index in [2.05, 4.69) is 20.3 Å². The van der Waals surface area contributed by atoms with Crippen LogP contribution in [0.4, 0.5) is 0 Å². The van der Waals surface area contributed by atoms with E-state index in [1.54, 1.807) is 6.07 Å². The van der Waals surface area contributed by atoms with Gasteiger partial charge < -0.3 is 10.4 Å². The fraction of sp³-hybridized carbons (Fsp3) is 0.400. The average Bonchev–Trinajstić information content (AvgIpc) is 2.34. The zero-order chi connectivity index (χ0) is 12.5. The van der Waals surface area contributed by atoms with Crippen LogP contribution in [-0.2, 0) is 0 Å². The Hall–Kier alpha value is -2.27. The number of azide groups is 1. The number of carbonyl (C=O) groups is 1. The minimum atomic E-state index is -0.410. The van der Waals surface area contributed by atoms with Crippen molar-refractivity contribution < 1.29 is 9.90 Å². The largest absolute Gasteiger partial charge is 0.505 e. The lowest BCUT2D eigenvalue weighted by Gasteiger charge is -2.04. The highest BCUT2D eigenvalue weighted by Crippen LogP contribution is 2.11. The average molecular weight is 235 g/mol. The second kappa shape index (κ2) is 7.08. The van der Waals surface area contributed by atoms with Gasteiger partial charge in [0.05, 0.1) is 0 Å². The number of nitrogens with one attached hydrogen (secondary N) is 1. The lowest BCUT2D eigenvalue weighted by Crippen LogP contribution is -2.25. The zero-order valence-electron chi connectivity index (χ0n) is 9.20. The van der Waals surface area contributed by atoms with E-state index in [0.29, 0.717) is 25.9 Å². The van der Waals surface area contributed by atoms with Crippen LogP contribution in [0.3, 0.4) is 0 Å². The van der Waals surface area contributed by atoms with E-state index in [0.717, 1.165) is 0 Å². The van der Waals surface area contributed by atoms with Crippen LogP contribution in [0.15, 0.2) is 23.4 Å². The molecule has 0 atom stereocenters. The van der Waals surface area contributed by atoms with Gasteiger partial charge in [-0.25, -0.2) is 4.98 Å². The van der Waals surface area contributed by atoms with Crippen molar-refractivity contribution in [3.63, 3.8) is 0 Å². The van der Waals surface area contributed by atoms with Crippen LogP contribution in [0.5, 0.6) is 5.75 Å². The summed E-state index contributed by atoms with van der Waals surface area (Å²) in [6.45, 7) is 0.872. The highest BCUT2D eigenvalue weighted by molar-refractivity contribution is 5.94. The zero-order valence-corrected chi connectivity index (χ0v) is 9.20. The predicted molar refractivity (Wildman–Crippen MR) is 61.5 cm³/mol. The summed E-state index contributed by atoms with van der Waals surface area (Å²) in [5, 5.41) is 15.4. The molecule has 0 bridgehead atoms. The van der Waals surface area contributed by atoms with Gasteiger partial charge in [-0.05, 0) is 30.5 Å². The number of hydrogen-bond acceptors (Lipinski definition) is 4. The summed E-state index contributed by atoms with van der Waals surface area (Å²) >= 11 is 0. The van der Waals surface area contributed by atoms with Gasteiger partial charge in [0.15, 0.2) is 5.69 Å². The lowest BCUT2D eigenvalue weighted by atomic mass is 10.3. The molecular weight excluding hydrogens is 222 g/mol. The van der Waals surface area contributed by atoms with E-state index in [4.69, 9.17) is 5.53 Å². The molecule has 90 valence electrons. The van der Waals surface area contributed by atoms with Crippen molar-refractivity contribution in [2.45, 2.75) is 12.8 Å². The molecule has 0 aliphatic heterocycles. The molecule has 0 aliphatic rings. The van der Waals surface area contributed by atoms with Crippen LogP contribution in [0.25, 0.3) is 10.4 Å². The number of nitrogens with zero attached hydrogens (tertiary/aromatic N) is 4. The maximum absolute atomic E-state index is 11.5. The molecule has 1 rings (SSSR count). The van der Waals surface area contributed by atoms with Crippen LogP contribution in [0, 0.1) is 0 Å². The summed E-state index contributed by atoms with van der Waals surface area (Å²) in [7, 11) is 0. The molecule has 0 aliphatic carbocycles. The van der Waals surface area contributed by atoms with Crippen LogP contribution >= 0.6 is 0 Å². The standard InChI is InChI=1S/C10H13N5O2/c11-15-14-7-2-1-5-13-10(17)9-8(16)4-3-6-12-9/h3-4,6,16H,1-2,5,7H2,(H,13,17). The quantitative estimate of drug-likeness (QED) is 0.338. The lowest BCUT2D eigenvalue weighted by molar-refractivity contribution is 0.0945. The first-order valence-electron chi connectivity index (χ1n) is 5.18. The first kappa shape index (κ1) is 12.8. The number of unbranched alkanes of at least 4 members (excludes halogenated alkanes) is 1. The maximum atomic E-state index is 11.5. The Morgan fingerprint density at radius 2 is 2.41 bits per heavy atom. The molecular formula is C10H13N5O2. The Balaban J connectivity index is 2.31. The van der Waals surface area contributed by atoms with Crippen molar-refractivity contribution in [2.24, 2.45) is 5.11 Å². The third-order valence-corrected chi connectivity index (χ3v) is 2.04. The summed E-state index contributed by atoms with van der Waals surface area (Å²) < 4.78 is 0. The van der Waals surface area contributed by atoms with Gasteiger partial charge in [0.25, 0.3) is 5.91 Å². The van der Waals surface area contributed by atoms with Gasteiger partial charge in [-0.15, -0.1) is 0 Å². The van der Waals surface area contributed by atoms with Crippen molar-refractivity contribution >= 4 is 5.91 Å². The number of pyridine rings is 1. The molecule has 0 radical (unpaired) electrons. The van der Waals surface area contributed by atoms with E-state index >= 15 is 0 Å². The van der Waals surface area contributed by atoms with E-state index < -0.39 is 5.91 Å². The van der Waals surface area contributed by atoms with E-state index in [9.17, 15) is 9.90 Å². The molecule has 1 amide bonds. The number of carbonyl (C=O) groups excluding carboxylic acids is 1. The molecule has 1 aromatic rings. The monoisotopic (exact) mass is 235 g/mol. The minimum Gasteiger partial charge on any atom is -0.505 e. The molecule has 0 saturated heterocycles. The van der Waals surface area contributed by atoms with Crippen LogP contribution in [0.1, 0.15) is 23.3 Å². The number of aromatic hydroxyl groups is 1.